The summed E-state index contributed by atoms with van der Waals surface area (Å²) < 4.78 is 39.1. The highest BCUT2D eigenvalue weighted by molar-refractivity contribution is 6.04. The Bertz CT molecular complexity index is 1560. The van der Waals surface area contributed by atoms with Crippen LogP contribution in [0.25, 0.3) is 22.3 Å². The predicted molar refractivity (Wildman–Crippen MR) is 131 cm³/mol. The van der Waals surface area contributed by atoms with Crippen molar-refractivity contribution >= 4 is 22.6 Å². The Labute approximate surface area is 204 Å². The molecule has 0 fully saturated rings. The highest BCUT2D eigenvalue weighted by Crippen LogP contribution is 2.30. The Morgan fingerprint density at radius 1 is 1.03 bits per heavy atom. The van der Waals surface area contributed by atoms with Crippen molar-refractivity contribution in [3.63, 3.8) is 0 Å². The van der Waals surface area contributed by atoms with Gasteiger partial charge in [-0.25, -0.2) is 9.97 Å². The number of benzene rings is 2. The standard InChI is InChI=1S/C27H20F3N5O/c1-16-7-8-21(33-26(36)17-4-2-6-20(12-17)27(28,29)30)13-19(16)14-23-34-22-9-11-32-25(22)24(35-23)18-5-3-10-31-15-18/h2-13,15,32H,14H2,1H3,(H,33,36). The van der Waals surface area contributed by atoms with Gasteiger partial charge in [-0.2, -0.15) is 13.2 Å². The Morgan fingerprint density at radius 2 is 1.89 bits per heavy atom. The molecular weight excluding hydrogens is 467 g/mol. The van der Waals surface area contributed by atoms with Gasteiger partial charge >= 0.3 is 6.18 Å². The zero-order valence-electron chi connectivity index (χ0n) is 19.1. The van der Waals surface area contributed by atoms with E-state index in [1.165, 1.54) is 12.1 Å². The summed E-state index contributed by atoms with van der Waals surface area (Å²) in [6.45, 7) is 1.94. The van der Waals surface area contributed by atoms with Gasteiger partial charge in [-0.3, -0.25) is 9.78 Å². The lowest BCUT2D eigenvalue weighted by atomic mass is 10.0. The van der Waals surface area contributed by atoms with Crippen LogP contribution in [0.3, 0.4) is 0 Å². The molecule has 2 aromatic carbocycles. The van der Waals surface area contributed by atoms with Crippen molar-refractivity contribution in [2.45, 2.75) is 19.5 Å². The number of carbonyl (C=O) groups excluding carboxylic acids is 1. The van der Waals surface area contributed by atoms with Gasteiger partial charge in [0.25, 0.3) is 5.91 Å². The van der Waals surface area contributed by atoms with E-state index in [0.717, 1.165) is 45.6 Å². The number of H-pyrrole nitrogens is 1. The monoisotopic (exact) mass is 487 g/mol. The molecule has 180 valence electrons. The number of nitrogens with one attached hydrogen (secondary N) is 2. The maximum atomic E-state index is 13.0. The zero-order valence-corrected chi connectivity index (χ0v) is 19.1. The van der Waals surface area contributed by atoms with Gasteiger partial charge in [0.1, 0.15) is 5.82 Å². The molecule has 0 aliphatic carbocycles. The van der Waals surface area contributed by atoms with Crippen LogP contribution in [0.1, 0.15) is 32.9 Å². The van der Waals surface area contributed by atoms with Gasteiger partial charge in [0.15, 0.2) is 0 Å². The quantitative estimate of drug-likeness (QED) is 0.310. The minimum absolute atomic E-state index is 0.0747. The number of amides is 1. The van der Waals surface area contributed by atoms with Crippen LogP contribution in [0.5, 0.6) is 0 Å². The van der Waals surface area contributed by atoms with Crippen LogP contribution in [-0.4, -0.2) is 25.8 Å². The van der Waals surface area contributed by atoms with Crippen molar-refractivity contribution in [3.8, 4) is 11.3 Å². The van der Waals surface area contributed by atoms with Crippen LogP contribution in [0.4, 0.5) is 18.9 Å². The lowest BCUT2D eigenvalue weighted by molar-refractivity contribution is -0.137. The minimum atomic E-state index is -4.53. The summed E-state index contributed by atoms with van der Waals surface area (Å²) in [5, 5.41) is 2.69. The molecule has 2 N–H and O–H groups in total. The molecular formula is C27H20F3N5O. The third kappa shape index (κ3) is 4.81. The first-order valence-electron chi connectivity index (χ1n) is 11.1. The van der Waals surface area contributed by atoms with Crippen LogP contribution < -0.4 is 5.32 Å². The number of carbonyl (C=O) groups is 1. The Morgan fingerprint density at radius 3 is 2.67 bits per heavy atom. The summed E-state index contributed by atoms with van der Waals surface area (Å²) in [5.74, 6) is -0.0369. The third-order valence-corrected chi connectivity index (χ3v) is 5.79. The highest BCUT2D eigenvalue weighted by Gasteiger charge is 2.30. The fourth-order valence-corrected chi connectivity index (χ4v) is 3.93. The molecule has 3 heterocycles. The number of rotatable bonds is 5. The van der Waals surface area contributed by atoms with Crippen molar-refractivity contribution in [1.82, 2.24) is 19.9 Å². The first kappa shape index (κ1) is 23.2. The Kier molecular flexibility index (Phi) is 5.97. The Balaban J connectivity index is 1.43. The first-order chi connectivity index (χ1) is 17.3. The lowest BCUT2D eigenvalue weighted by Gasteiger charge is -2.12. The number of alkyl halides is 3. The van der Waals surface area contributed by atoms with E-state index < -0.39 is 17.6 Å². The van der Waals surface area contributed by atoms with E-state index in [0.29, 0.717) is 17.9 Å². The molecule has 0 bridgehead atoms. The van der Waals surface area contributed by atoms with Crippen LogP contribution in [0.15, 0.2) is 79.3 Å². The van der Waals surface area contributed by atoms with E-state index in [1.54, 1.807) is 30.7 Å². The van der Waals surface area contributed by atoms with E-state index >= 15 is 0 Å². The second-order valence-corrected chi connectivity index (χ2v) is 8.32. The predicted octanol–water partition coefficient (Wildman–Crippen LogP) is 6.19. The second-order valence-electron chi connectivity index (χ2n) is 8.32. The molecule has 0 saturated carbocycles. The second kappa shape index (κ2) is 9.26. The van der Waals surface area contributed by atoms with Crippen LogP contribution in [0.2, 0.25) is 0 Å². The van der Waals surface area contributed by atoms with Crippen molar-refractivity contribution < 1.29 is 18.0 Å². The molecule has 9 heteroatoms. The Hall–Kier alpha value is -4.53. The number of hydrogen-bond acceptors (Lipinski definition) is 4. The van der Waals surface area contributed by atoms with E-state index in [1.807, 2.05) is 31.2 Å². The van der Waals surface area contributed by atoms with Gasteiger partial charge in [0.05, 0.1) is 22.3 Å². The maximum Gasteiger partial charge on any atom is 0.416 e. The maximum absolute atomic E-state index is 13.0. The number of nitrogens with zero attached hydrogens (tertiary/aromatic N) is 3. The van der Waals surface area contributed by atoms with E-state index in [4.69, 9.17) is 4.98 Å². The number of aromatic nitrogens is 4. The number of aromatic amines is 1. The molecule has 3 aromatic heterocycles. The van der Waals surface area contributed by atoms with Crippen LogP contribution in [-0.2, 0) is 12.6 Å². The summed E-state index contributed by atoms with van der Waals surface area (Å²) >= 11 is 0. The average Bonchev–Trinajstić information content (AvgIpc) is 3.34. The first-order valence-corrected chi connectivity index (χ1v) is 11.1. The van der Waals surface area contributed by atoms with Gasteiger partial charge in [-0.05, 0) is 66.6 Å². The van der Waals surface area contributed by atoms with Gasteiger partial charge < -0.3 is 10.3 Å². The zero-order chi connectivity index (χ0) is 25.3. The molecule has 0 unspecified atom stereocenters. The summed E-state index contributed by atoms with van der Waals surface area (Å²) in [6.07, 6.45) is 1.11. The third-order valence-electron chi connectivity index (χ3n) is 5.79. The van der Waals surface area contributed by atoms with E-state index in [-0.39, 0.29) is 5.56 Å². The van der Waals surface area contributed by atoms with Gasteiger partial charge in [-0.1, -0.05) is 12.1 Å². The molecule has 0 radical (unpaired) electrons. The highest BCUT2D eigenvalue weighted by atomic mass is 19.4. The summed E-state index contributed by atoms with van der Waals surface area (Å²) in [6, 6.07) is 15.3. The molecule has 0 atom stereocenters. The van der Waals surface area contributed by atoms with E-state index in [9.17, 15) is 18.0 Å². The fourth-order valence-electron chi connectivity index (χ4n) is 3.93. The molecule has 0 saturated heterocycles. The van der Waals surface area contributed by atoms with Gasteiger partial charge in [0, 0.05) is 41.8 Å². The number of anilines is 1. The number of halogens is 3. The molecule has 0 spiro atoms. The normalized spacial score (nSPS) is 11.6. The molecule has 0 aliphatic heterocycles. The fraction of sp³-hybridized carbons (Fsp3) is 0.111. The molecule has 6 nitrogen and oxygen atoms in total. The summed E-state index contributed by atoms with van der Waals surface area (Å²) in [7, 11) is 0. The largest absolute Gasteiger partial charge is 0.416 e. The van der Waals surface area contributed by atoms with Crippen LogP contribution in [0, 0.1) is 6.92 Å². The van der Waals surface area contributed by atoms with Gasteiger partial charge in [-0.15, -0.1) is 0 Å². The van der Waals surface area contributed by atoms with Crippen molar-refractivity contribution in [2.24, 2.45) is 0 Å². The van der Waals surface area contributed by atoms with E-state index in [2.05, 4.69) is 20.3 Å². The topological polar surface area (TPSA) is 83.6 Å². The summed E-state index contributed by atoms with van der Waals surface area (Å²) in [4.78, 5) is 29.5. The number of aryl methyl sites for hydroxylation is 1. The molecule has 5 aromatic rings. The average molecular weight is 487 g/mol. The SMILES string of the molecule is Cc1ccc(NC(=O)c2cccc(C(F)(F)F)c2)cc1Cc1nc(-c2cccnc2)c2[nH]ccc2n1. The van der Waals surface area contributed by atoms with Crippen molar-refractivity contribution in [2.75, 3.05) is 5.32 Å². The molecule has 0 aliphatic rings. The smallest absolute Gasteiger partial charge is 0.358 e. The lowest BCUT2D eigenvalue weighted by Crippen LogP contribution is -2.14. The molecule has 1 amide bonds. The van der Waals surface area contributed by atoms with Crippen LogP contribution >= 0.6 is 0 Å². The number of fused-ring (bicyclic) bond motifs is 1. The van der Waals surface area contributed by atoms with Gasteiger partial charge in [0.2, 0.25) is 0 Å². The minimum Gasteiger partial charge on any atom is -0.358 e. The van der Waals surface area contributed by atoms with Crippen molar-refractivity contribution in [1.29, 1.82) is 0 Å². The summed E-state index contributed by atoms with van der Waals surface area (Å²) in [5.41, 5.74) is 4.53. The number of hydrogen-bond donors (Lipinski definition) is 2. The molecule has 36 heavy (non-hydrogen) atoms. The number of pyridine rings is 1. The molecule has 5 rings (SSSR count). The van der Waals surface area contributed by atoms with Crippen molar-refractivity contribution in [3.05, 3.63) is 107 Å².